The predicted octanol–water partition coefficient (Wildman–Crippen LogP) is 11.6. The molecule has 0 amide bonds. The molecule has 0 radical (unpaired) electrons. The fourth-order valence-electron chi connectivity index (χ4n) is 6.65. The first-order valence-corrected chi connectivity index (χ1v) is 14.3. The molecule has 0 saturated carbocycles. The van der Waals surface area contributed by atoms with Gasteiger partial charge in [0.2, 0.25) is 0 Å². The molecule has 0 saturated heterocycles. The lowest BCUT2D eigenvalue weighted by Gasteiger charge is -2.17. The number of hydrogen-bond acceptors (Lipinski definition) is 2. The molecule has 2 aromatic heterocycles. The predicted molar refractivity (Wildman–Crippen MR) is 175 cm³/mol. The van der Waals surface area contributed by atoms with E-state index >= 15 is 0 Å². The Kier molecular flexibility index (Phi) is 4.93. The summed E-state index contributed by atoms with van der Waals surface area (Å²) >= 11 is 0. The largest absolute Gasteiger partial charge is 0.464 e. The summed E-state index contributed by atoms with van der Waals surface area (Å²) in [6.45, 7) is 0. The van der Waals surface area contributed by atoms with E-state index in [0.29, 0.717) is 0 Å². The molecule has 0 aliphatic carbocycles. The van der Waals surface area contributed by atoms with Crippen molar-refractivity contribution in [3.05, 3.63) is 146 Å². The number of benzene rings is 7. The van der Waals surface area contributed by atoms with Gasteiger partial charge < -0.3 is 8.83 Å². The van der Waals surface area contributed by atoms with Crippen molar-refractivity contribution >= 4 is 54.5 Å². The quantitative estimate of drug-likeness (QED) is 0.210. The van der Waals surface area contributed by atoms with Crippen molar-refractivity contribution in [2.24, 2.45) is 0 Å². The van der Waals surface area contributed by atoms with E-state index in [0.717, 1.165) is 38.5 Å². The van der Waals surface area contributed by atoms with Gasteiger partial charge >= 0.3 is 0 Å². The van der Waals surface area contributed by atoms with Gasteiger partial charge in [0.25, 0.3) is 0 Å². The van der Waals surface area contributed by atoms with Crippen molar-refractivity contribution in [3.63, 3.8) is 0 Å². The van der Waals surface area contributed by atoms with Crippen LogP contribution in [0, 0.1) is 0 Å². The zero-order valence-electron chi connectivity index (χ0n) is 22.7. The van der Waals surface area contributed by atoms with Gasteiger partial charge in [0.15, 0.2) is 0 Å². The monoisotopic (exact) mass is 536 g/mol. The van der Waals surface area contributed by atoms with E-state index in [1.807, 2.05) is 24.5 Å². The van der Waals surface area contributed by atoms with Crippen LogP contribution in [0.4, 0.5) is 0 Å². The lowest BCUT2D eigenvalue weighted by molar-refractivity contribution is 0.617. The summed E-state index contributed by atoms with van der Waals surface area (Å²) in [4.78, 5) is 0. The maximum atomic E-state index is 6.28. The van der Waals surface area contributed by atoms with Crippen molar-refractivity contribution < 1.29 is 8.83 Å². The summed E-state index contributed by atoms with van der Waals surface area (Å²) in [5.41, 5.74) is 9.74. The van der Waals surface area contributed by atoms with Gasteiger partial charge in [0.05, 0.1) is 6.26 Å². The number of fused-ring (bicyclic) bond motifs is 6. The third kappa shape index (κ3) is 3.39. The van der Waals surface area contributed by atoms with E-state index in [9.17, 15) is 0 Å². The Bertz CT molecular complexity index is 2400. The Morgan fingerprint density at radius 3 is 1.64 bits per heavy atom. The van der Waals surface area contributed by atoms with Gasteiger partial charge in [-0.15, -0.1) is 0 Å². The van der Waals surface area contributed by atoms with Crippen molar-refractivity contribution in [1.82, 2.24) is 0 Å². The van der Waals surface area contributed by atoms with E-state index in [1.165, 1.54) is 49.4 Å². The normalized spacial score (nSPS) is 11.8. The van der Waals surface area contributed by atoms with Gasteiger partial charge in [-0.3, -0.25) is 0 Å². The molecule has 7 aromatic carbocycles. The third-order valence-corrected chi connectivity index (χ3v) is 8.53. The molecule has 0 fully saturated rings. The lowest BCUT2D eigenvalue weighted by Crippen LogP contribution is -1.90. The molecule has 196 valence electrons. The second-order valence-electron chi connectivity index (χ2n) is 10.9. The molecule has 0 N–H and O–H groups in total. The summed E-state index contributed by atoms with van der Waals surface area (Å²) in [6.07, 6.45) is 1.91. The van der Waals surface area contributed by atoms with Crippen molar-refractivity contribution in [2.75, 3.05) is 0 Å². The average molecular weight is 537 g/mol. The maximum absolute atomic E-state index is 6.28. The zero-order chi connectivity index (χ0) is 27.6. The summed E-state index contributed by atoms with van der Waals surface area (Å²) in [6, 6.07) is 49.4. The molecule has 2 heterocycles. The van der Waals surface area contributed by atoms with Crippen LogP contribution in [-0.4, -0.2) is 0 Å². The summed E-state index contributed by atoms with van der Waals surface area (Å²) in [7, 11) is 0. The molecule has 0 spiro atoms. The van der Waals surface area contributed by atoms with E-state index in [1.54, 1.807) is 0 Å². The summed E-state index contributed by atoms with van der Waals surface area (Å²) < 4.78 is 12.5. The van der Waals surface area contributed by atoms with E-state index < -0.39 is 0 Å². The number of para-hydroxylation sites is 1. The van der Waals surface area contributed by atoms with Crippen LogP contribution >= 0.6 is 0 Å². The van der Waals surface area contributed by atoms with Gasteiger partial charge in [0, 0.05) is 27.3 Å². The second-order valence-corrected chi connectivity index (χ2v) is 10.9. The van der Waals surface area contributed by atoms with Crippen LogP contribution in [0.3, 0.4) is 0 Å². The Morgan fingerprint density at radius 2 is 0.905 bits per heavy atom. The van der Waals surface area contributed by atoms with Gasteiger partial charge in [-0.05, 0) is 68.1 Å². The Morgan fingerprint density at radius 1 is 0.333 bits per heavy atom. The molecular formula is C40H24O2. The highest BCUT2D eigenvalue weighted by Crippen LogP contribution is 2.47. The van der Waals surface area contributed by atoms with Crippen molar-refractivity contribution in [2.45, 2.75) is 0 Å². The molecule has 0 aliphatic rings. The smallest absolute Gasteiger partial charge is 0.136 e. The van der Waals surface area contributed by atoms with E-state index in [-0.39, 0.29) is 0 Å². The number of hydrogen-bond donors (Lipinski definition) is 0. The van der Waals surface area contributed by atoms with Gasteiger partial charge in [0.1, 0.15) is 16.7 Å². The first kappa shape index (κ1) is 23.1. The van der Waals surface area contributed by atoms with E-state index in [2.05, 4.69) is 121 Å². The fraction of sp³-hybridized carbons (Fsp3) is 0. The van der Waals surface area contributed by atoms with Crippen LogP contribution in [0.15, 0.2) is 155 Å². The number of furan rings is 2. The van der Waals surface area contributed by atoms with Gasteiger partial charge in [-0.2, -0.15) is 0 Å². The Labute approximate surface area is 242 Å². The second kappa shape index (κ2) is 8.95. The average Bonchev–Trinajstić information content (AvgIpc) is 3.63. The van der Waals surface area contributed by atoms with Crippen LogP contribution in [0.25, 0.3) is 87.8 Å². The lowest BCUT2D eigenvalue weighted by atomic mass is 9.85. The first-order valence-electron chi connectivity index (χ1n) is 14.3. The summed E-state index contributed by atoms with van der Waals surface area (Å²) in [5, 5.41) is 8.06. The molecule has 0 atom stereocenters. The van der Waals surface area contributed by atoms with Crippen LogP contribution in [0.1, 0.15) is 0 Å². The van der Waals surface area contributed by atoms with Gasteiger partial charge in [-0.1, -0.05) is 115 Å². The highest BCUT2D eigenvalue weighted by Gasteiger charge is 2.20. The molecule has 0 bridgehead atoms. The van der Waals surface area contributed by atoms with Crippen molar-refractivity contribution in [1.29, 1.82) is 0 Å². The molecule has 2 heteroatoms. The SMILES string of the molecule is c1ccc(-c2cccc(-c3c4ccccc4c(-c4coc5cc6c(cc45)oc4ccccc46)c4ccccc34)c2)cc1. The molecule has 0 unspecified atom stereocenters. The Balaban J connectivity index is 1.35. The molecule has 42 heavy (non-hydrogen) atoms. The fourth-order valence-corrected chi connectivity index (χ4v) is 6.65. The standard InChI is InChI=1S/C40H24O2/c1-2-11-25(12-3-1)26-13-10-14-27(21-26)39-29-16-4-6-18-31(29)40(32-19-7-5-17-30(32)39)35-24-41-37-22-33-28-15-8-9-20-36(28)42-38(33)23-34(35)37/h1-24H. The topological polar surface area (TPSA) is 26.3 Å². The van der Waals surface area contributed by atoms with E-state index in [4.69, 9.17) is 8.83 Å². The first-order chi connectivity index (χ1) is 20.8. The van der Waals surface area contributed by atoms with Crippen LogP contribution in [-0.2, 0) is 0 Å². The minimum absolute atomic E-state index is 0.858. The highest BCUT2D eigenvalue weighted by atomic mass is 16.3. The van der Waals surface area contributed by atoms with Crippen LogP contribution in [0.5, 0.6) is 0 Å². The minimum Gasteiger partial charge on any atom is -0.464 e. The molecular weight excluding hydrogens is 512 g/mol. The van der Waals surface area contributed by atoms with Crippen molar-refractivity contribution in [3.8, 4) is 33.4 Å². The van der Waals surface area contributed by atoms with Crippen LogP contribution in [0.2, 0.25) is 0 Å². The highest BCUT2D eigenvalue weighted by molar-refractivity contribution is 6.24. The summed E-state index contributed by atoms with van der Waals surface area (Å²) in [5.74, 6) is 0. The molecule has 2 nitrogen and oxygen atoms in total. The van der Waals surface area contributed by atoms with Crippen LogP contribution < -0.4 is 0 Å². The molecule has 9 rings (SSSR count). The third-order valence-electron chi connectivity index (χ3n) is 8.53. The maximum Gasteiger partial charge on any atom is 0.136 e. The van der Waals surface area contributed by atoms with Gasteiger partial charge in [-0.25, -0.2) is 0 Å². The zero-order valence-corrected chi connectivity index (χ0v) is 22.7. The molecule has 9 aromatic rings. The number of rotatable bonds is 3. The Hall–Kier alpha value is -5.60. The minimum atomic E-state index is 0.858. The molecule has 0 aliphatic heterocycles.